The molecule has 26 nitrogen and oxygen atoms in total. The maximum absolute atomic E-state index is 12.6. The lowest BCUT2D eigenvalue weighted by Crippen LogP contribution is -2.41. The van der Waals surface area contributed by atoms with E-state index >= 15 is 0 Å². The van der Waals surface area contributed by atoms with Gasteiger partial charge in [0.15, 0.2) is 28.6 Å². The predicted molar refractivity (Wildman–Crippen MR) is 272 cm³/mol. The summed E-state index contributed by atoms with van der Waals surface area (Å²) in [5, 5.41) is 20.3. The molecule has 3 fully saturated rings. The minimum absolute atomic E-state index is 0.0247. The number of aromatic amines is 2. The smallest absolute Gasteiger partial charge is 0.423 e. The molecule has 2 aromatic carbocycles. The van der Waals surface area contributed by atoms with Crippen molar-refractivity contribution in [2.75, 3.05) is 69.2 Å². The van der Waals surface area contributed by atoms with Gasteiger partial charge in [0.25, 0.3) is 11.1 Å². The zero-order chi connectivity index (χ0) is 51.0. The second-order valence-electron chi connectivity index (χ2n) is 16.9. The predicted octanol–water partition coefficient (Wildman–Crippen LogP) is 1.60. The number of fused-ring (bicyclic) bond motifs is 3. The van der Waals surface area contributed by atoms with Crippen molar-refractivity contribution in [1.82, 2.24) is 39.0 Å². The number of nitrogens with two attached hydrogens (primary N) is 2. The number of nitrogen functional groups attached to an aromatic ring is 2. The van der Waals surface area contributed by atoms with E-state index in [0.29, 0.717) is 36.5 Å². The molecule has 4 aromatic heterocycles. The highest BCUT2D eigenvalue weighted by Gasteiger charge is 2.55. The molecule has 0 amide bonds. The fourth-order valence-electron chi connectivity index (χ4n) is 8.32. The lowest BCUT2D eigenvalue weighted by Gasteiger charge is -2.23. The zero-order valence-corrected chi connectivity index (χ0v) is 42.0. The molecule has 7 N–H and O–H groups in total. The third-order valence-corrected chi connectivity index (χ3v) is 15.1. The fourth-order valence-corrected chi connectivity index (χ4v) is 11.1. The van der Waals surface area contributed by atoms with Crippen LogP contribution < -0.4 is 33.5 Å². The number of imidazole rings is 2. The van der Waals surface area contributed by atoms with Crippen molar-refractivity contribution in [2.45, 2.75) is 62.2 Å². The Morgan fingerprint density at radius 2 is 1.39 bits per heavy atom. The molecule has 4 aliphatic rings. The summed E-state index contributed by atoms with van der Waals surface area (Å²) >= 11 is 1.56. The van der Waals surface area contributed by atoms with E-state index in [1.807, 2.05) is 36.4 Å². The van der Waals surface area contributed by atoms with Gasteiger partial charge in [-0.1, -0.05) is 60.7 Å². The number of H-pyrrole nitrogens is 2. The number of anilines is 2. The number of nitrogens with zero attached hydrogens (tertiary/aromatic N) is 8. The van der Waals surface area contributed by atoms with Crippen LogP contribution in [-0.4, -0.2) is 152 Å². The zero-order valence-electron chi connectivity index (χ0n) is 39.4. The quantitative estimate of drug-likeness (QED) is 0.0278. The number of nitriles is 1. The Morgan fingerprint density at radius 3 is 2.05 bits per heavy atom. The summed E-state index contributed by atoms with van der Waals surface area (Å²) in [6.07, 6.45) is -0.942. The molecule has 6 aromatic rings. The van der Waals surface area contributed by atoms with Gasteiger partial charge in [0.1, 0.15) is 30.6 Å². The first-order chi connectivity index (χ1) is 36.2. The SMILES string of the molecule is N#CCCOP(OCCSCCOP(OCCC1=NC1)OC[C@H]1O[C@@H](n2cnc3c(=O)[nH]c(N)nc32)C[C@@H]1OB(O)c1ccccc1)OC[C@H]1O[C@@H](n2cnc3c(=O)[nH]c(N)nc32)[C@@H]2OB(c3ccccc3)O[C@@H]21. The topological polar surface area (TPSA) is 337 Å². The van der Waals surface area contributed by atoms with Gasteiger partial charge in [0.05, 0.1) is 77.4 Å². The van der Waals surface area contributed by atoms with Gasteiger partial charge in [0, 0.05) is 30.1 Å². The van der Waals surface area contributed by atoms with Gasteiger partial charge in [-0.05, 0) is 10.9 Å². The summed E-state index contributed by atoms with van der Waals surface area (Å²) < 4.78 is 71.9. The number of hydrogen-bond acceptors (Lipinski definition) is 23. The van der Waals surface area contributed by atoms with Crippen LogP contribution in [0.2, 0.25) is 0 Å². The van der Waals surface area contributed by atoms with Gasteiger partial charge >= 0.3 is 31.4 Å². The Hall–Kier alpha value is -5.24. The summed E-state index contributed by atoms with van der Waals surface area (Å²) in [4.78, 5) is 51.4. The average molecular weight is 1070 g/mol. The van der Waals surface area contributed by atoms with Crippen LogP contribution in [0.1, 0.15) is 31.7 Å². The summed E-state index contributed by atoms with van der Waals surface area (Å²) in [7, 11) is -5.79. The van der Waals surface area contributed by atoms with Crippen molar-refractivity contribution in [1.29, 1.82) is 5.26 Å². The van der Waals surface area contributed by atoms with Crippen molar-refractivity contribution in [3.05, 3.63) is 94.0 Å². The van der Waals surface area contributed by atoms with Crippen LogP contribution in [0, 0.1) is 11.3 Å². The Labute approximate surface area is 429 Å². The van der Waals surface area contributed by atoms with Crippen LogP contribution in [0.5, 0.6) is 0 Å². The molecule has 0 bridgehead atoms. The van der Waals surface area contributed by atoms with E-state index in [9.17, 15) is 19.9 Å². The molecule has 9 atom stereocenters. The van der Waals surface area contributed by atoms with Crippen molar-refractivity contribution in [3.8, 4) is 6.07 Å². The van der Waals surface area contributed by atoms with E-state index in [1.54, 1.807) is 45.2 Å². The molecule has 0 saturated carbocycles. The normalized spacial score (nSPS) is 23.1. The molecular formula is C43H50B2N12O14P2S. The Morgan fingerprint density at radius 1 is 0.797 bits per heavy atom. The molecule has 0 aliphatic carbocycles. The Kier molecular flexibility index (Phi) is 17.4. The lowest BCUT2D eigenvalue weighted by molar-refractivity contribution is -0.0556. The van der Waals surface area contributed by atoms with Crippen molar-refractivity contribution >= 4 is 94.1 Å². The lowest BCUT2D eigenvalue weighted by atomic mass is 9.79. The van der Waals surface area contributed by atoms with Crippen molar-refractivity contribution in [3.63, 3.8) is 0 Å². The number of rotatable bonds is 27. The number of aliphatic imine (C=N–C) groups is 1. The Balaban J connectivity index is 0.730. The number of ether oxygens (including phenoxy) is 2. The van der Waals surface area contributed by atoms with E-state index in [-0.39, 0.29) is 80.1 Å². The maximum Gasteiger partial charge on any atom is 0.494 e. The van der Waals surface area contributed by atoms with Gasteiger partial charge < -0.3 is 67.1 Å². The van der Waals surface area contributed by atoms with E-state index in [1.165, 1.54) is 12.7 Å². The van der Waals surface area contributed by atoms with E-state index in [4.69, 9.17) is 62.0 Å². The first kappa shape index (κ1) is 52.2. The molecule has 2 unspecified atom stereocenters. The summed E-state index contributed by atoms with van der Waals surface area (Å²) in [6.45, 7) is 1.58. The van der Waals surface area contributed by atoms with Crippen molar-refractivity contribution in [2.24, 2.45) is 4.99 Å². The molecule has 31 heteroatoms. The number of hydrogen-bond donors (Lipinski definition) is 5. The van der Waals surface area contributed by atoms with Crippen LogP contribution in [-0.2, 0) is 50.6 Å². The van der Waals surface area contributed by atoms with Gasteiger partial charge in [-0.15, -0.1) is 0 Å². The van der Waals surface area contributed by atoms with Crippen LogP contribution in [0.3, 0.4) is 0 Å². The monoisotopic (exact) mass is 1070 g/mol. The van der Waals surface area contributed by atoms with Gasteiger partial charge in [-0.2, -0.15) is 27.0 Å². The molecule has 8 heterocycles. The third kappa shape index (κ3) is 12.7. The van der Waals surface area contributed by atoms with E-state index in [2.05, 4.69) is 41.0 Å². The van der Waals surface area contributed by atoms with E-state index < -0.39 is 85.5 Å². The molecule has 3 saturated heterocycles. The van der Waals surface area contributed by atoms with E-state index in [0.717, 1.165) is 11.2 Å². The molecule has 10 rings (SSSR count). The number of aromatic nitrogens is 8. The second-order valence-corrected chi connectivity index (χ2v) is 20.6. The third-order valence-electron chi connectivity index (χ3n) is 11.9. The minimum Gasteiger partial charge on any atom is -0.423 e. The number of nitrogens with one attached hydrogen (secondary N) is 2. The van der Waals surface area contributed by atoms with Gasteiger partial charge in [0.2, 0.25) is 11.9 Å². The van der Waals surface area contributed by atoms with Crippen LogP contribution in [0.25, 0.3) is 22.3 Å². The molecule has 0 radical (unpaired) electrons. The summed E-state index contributed by atoms with van der Waals surface area (Å²) in [5.41, 5.74) is 13.8. The van der Waals surface area contributed by atoms with Crippen molar-refractivity contribution < 1.29 is 55.6 Å². The maximum atomic E-state index is 12.6. The molecular weight excluding hydrogens is 1020 g/mol. The highest BCUT2D eigenvalue weighted by molar-refractivity contribution is 7.99. The largest absolute Gasteiger partial charge is 0.494 e. The average Bonchev–Trinajstić information content (AvgIpc) is 3.80. The van der Waals surface area contributed by atoms with Crippen LogP contribution in [0.4, 0.5) is 11.9 Å². The first-order valence-corrected chi connectivity index (χ1v) is 26.9. The molecule has 0 spiro atoms. The summed E-state index contributed by atoms with van der Waals surface area (Å²) in [5.74, 6) is 0.933. The second kappa shape index (κ2) is 24.6. The highest BCUT2D eigenvalue weighted by atomic mass is 32.2. The number of thioether (sulfide) groups is 1. The summed E-state index contributed by atoms with van der Waals surface area (Å²) in [6, 6.07) is 20.5. The molecule has 388 valence electrons. The van der Waals surface area contributed by atoms with Crippen LogP contribution in [0.15, 0.2) is 87.9 Å². The van der Waals surface area contributed by atoms with Gasteiger partial charge in [-0.25, -0.2) is 9.97 Å². The minimum atomic E-state index is -1.94. The fraction of sp³-hybridized carbons (Fsp3) is 0.442. The number of benzene rings is 2. The van der Waals surface area contributed by atoms with Crippen LogP contribution >= 0.6 is 29.0 Å². The molecule has 4 aliphatic heterocycles. The molecule has 74 heavy (non-hydrogen) atoms. The highest BCUT2D eigenvalue weighted by Crippen LogP contribution is 2.45. The van der Waals surface area contributed by atoms with Gasteiger partial charge in [-0.3, -0.25) is 33.7 Å². The first-order valence-electron chi connectivity index (χ1n) is 23.5. The Bertz CT molecular complexity index is 3040. The standard InChI is InChI=1S/C43H50B2N12O14P2S/c46-13-7-14-61-72(66-23-31-35-36(71-45(70-35)27-10-5-2-6-11-27)41(68-31)57-25-51-34-38(57)53-43(48)55-40(34)59)63-16-18-74-19-17-64-73(62-15-12-28-21-49-28)65-22-30-29(69-44(60)26-8-3-1-4-9-26)20-32(67-30)56-24-50-33-37(56)52-42(47)54-39(33)58/h1-6,8-11,24-25,29-32,35-36,41,60H,7,12,14-23H2,(H3,47,52,54,58)(H3,48,53,55,59)/t29-,30+,31+,32+,35+,36+,41+,72?,73?/m0/s1.